The standard InChI is InChI=1S/C17H23N5O/c1-11(2)10-22-16(15(18)23)19-20-17(22)21(3)14-8-12-6-4-5-7-13(12)9-14/h4-7,11,14H,8-10H2,1-3H3,(H2,18,23). The van der Waals surface area contributed by atoms with Crippen LogP contribution < -0.4 is 10.6 Å². The van der Waals surface area contributed by atoms with Crippen LogP contribution in [0, 0.1) is 5.92 Å². The molecule has 1 aliphatic rings. The van der Waals surface area contributed by atoms with Crippen LogP contribution in [0.15, 0.2) is 24.3 Å². The lowest BCUT2D eigenvalue weighted by molar-refractivity contribution is 0.0985. The van der Waals surface area contributed by atoms with Crippen molar-refractivity contribution < 1.29 is 4.79 Å². The first-order chi connectivity index (χ1) is 11.0. The van der Waals surface area contributed by atoms with Crippen LogP contribution in [0.25, 0.3) is 0 Å². The number of benzene rings is 1. The van der Waals surface area contributed by atoms with Gasteiger partial charge in [-0.05, 0) is 29.9 Å². The molecule has 122 valence electrons. The molecule has 0 atom stereocenters. The quantitative estimate of drug-likeness (QED) is 0.910. The highest BCUT2D eigenvalue weighted by Crippen LogP contribution is 2.27. The Bertz CT molecular complexity index is 697. The molecule has 1 aromatic heterocycles. The Hall–Kier alpha value is -2.37. The van der Waals surface area contributed by atoms with Gasteiger partial charge in [0, 0.05) is 19.6 Å². The van der Waals surface area contributed by atoms with Gasteiger partial charge in [-0.1, -0.05) is 38.1 Å². The van der Waals surface area contributed by atoms with E-state index >= 15 is 0 Å². The van der Waals surface area contributed by atoms with Crippen molar-refractivity contribution in [3.8, 4) is 0 Å². The maximum atomic E-state index is 11.6. The second-order valence-corrected chi connectivity index (χ2v) is 6.63. The van der Waals surface area contributed by atoms with Crippen molar-refractivity contribution in [2.45, 2.75) is 39.3 Å². The number of likely N-dealkylation sites (N-methyl/N-ethyl adjacent to an activating group) is 1. The van der Waals surface area contributed by atoms with Crippen LogP contribution in [0.5, 0.6) is 0 Å². The number of hydrogen-bond donors (Lipinski definition) is 1. The van der Waals surface area contributed by atoms with Crippen molar-refractivity contribution in [1.82, 2.24) is 14.8 Å². The van der Waals surface area contributed by atoms with E-state index in [9.17, 15) is 4.79 Å². The Morgan fingerprint density at radius 2 is 1.91 bits per heavy atom. The zero-order valence-corrected chi connectivity index (χ0v) is 13.9. The minimum Gasteiger partial charge on any atom is -0.363 e. The first kappa shape index (κ1) is 15.5. The molecule has 1 amide bonds. The lowest BCUT2D eigenvalue weighted by Crippen LogP contribution is -2.35. The molecule has 1 aliphatic carbocycles. The van der Waals surface area contributed by atoms with E-state index in [4.69, 9.17) is 5.73 Å². The number of carbonyl (C=O) groups excluding carboxylic acids is 1. The van der Waals surface area contributed by atoms with Crippen molar-refractivity contribution in [3.05, 3.63) is 41.2 Å². The first-order valence-corrected chi connectivity index (χ1v) is 8.00. The summed E-state index contributed by atoms with van der Waals surface area (Å²) < 4.78 is 1.84. The normalized spacial score (nSPS) is 14.3. The van der Waals surface area contributed by atoms with Crippen molar-refractivity contribution in [2.24, 2.45) is 11.7 Å². The third kappa shape index (κ3) is 2.93. The summed E-state index contributed by atoms with van der Waals surface area (Å²) in [6.45, 7) is 4.87. The summed E-state index contributed by atoms with van der Waals surface area (Å²) >= 11 is 0. The summed E-state index contributed by atoms with van der Waals surface area (Å²) in [5, 5.41) is 8.24. The average molecular weight is 313 g/mol. The number of amides is 1. The van der Waals surface area contributed by atoms with E-state index in [2.05, 4.69) is 53.2 Å². The highest BCUT2D eigenvalue weighted by Gasteiger charge is 2.29. The fourth-order valence-electron chi connectivity index (χ4n) is 3.24. The fraction of sp³-hybridized carbons (Fsp3) is 0.471. The zero-order chi connectivity index (χ0) is 16.6. The second-order valence-electron chi connectivity index (χ2n) is 6.63. The predicted molar refractivity (Wildman–Crippen MR) is 89.4 cm³/mol. The van der Waals surface area contributed by atoms with E-state index in [1.165, 1.54) is 11.1 Å². The molecular weight excluding hydrogens is 290 g/mol. The number of anilines is 1. The molecule has 0 fully saturated rings. The zero-order valence-electron chi connectivity index (χ0n) is 13.9. The SMILES string of the molecule is CC(C)Cn1c(C(N)=O)nnc1N(C)C1Cc2ccccc2C1. The Morgan fingerprint density at radius 1 is 1.30 bits per heavy atom. The molecule has 0 aliphatic heterocycles. The lowest BCUT2D eigenvalue weighted by Gasteiger charge is -2.26. The highest BCUT2D eigenvalue weighted by molar-refractivity contribution is 5.89. The van der Waals surface area contributed by atoms with E-state index in [0.29, 0.717) is 24.5 Å². The topological polar surface area (TPSA) is 77.0 Å². The van der Waals surface area contributed by atoms with Gasteiger partial charge in [-0.2, -0.15) is 0 Å². The van der Waals surface area contributed by atoms with Crippen molar-refractivity contribution >= 4 is 11.9 Å². The van der Waals surface area contributed by atoms with Crippen LogP contribution in [-0.2, 0) is 19.4 Å². The minimum absolute atomic E-state index is 0.232. The van der Waals surface area contributed by atoms with E-state index in [-0.39, 0.29) is 5.82 Å². The summed E-state index contributed by atoms with van der Waals surface area (Å²) in [5.74, 6) is 0.783. The lowest BCUT2D eigenvalue weighted by atomic mass is 10.1. The molecular formula is C17H23N5O. The van der Waals surface area contributed by atoms with E-state index in [1.54, 1.807) is 0 Å². The molecule has 1 aromatic carbocycles. The van der Waals surface area contributed by atoms with Gasteiger partial charge in [-0.3, -0.25) is 9.36 Å². The summed E-state index contributed by atoms with van der Waals surface area (Å²) in [7, 11) is 2.02. The molecule has 6 heteroatoms. The largest absolute Gasteiger partial charge is 0.363 e. The molecule has 0 bridgehead atoms. The number of primary amides is 1. The molecule has 2 aromatic rings. The second kappa shape index (κ2) is 6.02. The fourth-order valence-corrected chi connectivity index (χ4v) is 3.24. The summed E-state index contributed by atoms with van der Waals surface area (Å²) in [6.07, 6.45) is 1.96. The summed E-state index contributed by atoms with van der Waals surface area (Å²) in [4.78, 5) is 13.7. The number of fused-ring (bicyclic) bond motifs is 1. The van der Waals surface area contributed by atoms with Crippen LogP contribution in [0.1, 0.15) is 35.6 Å². The van der Waals surface area contributed by atoms with E-state index < -0.39 is 5.91 Å². The third-order valence-corrected chi connectivity index (χ3v) is 4.39. The Kier molecular flexibility index (Phi) is 4.07. The molecule has 0 unspecified atom stereocenters. The van der Waals surface area contributed by atoms with Gasteiger partial charge in [-0.15, -0.1) is 10.2 Å². The van der Waals surface area contributed by atoms with Crippen molar-refractivity contribution in [1.29, 1.82) is 0 Å². The minimum atomic E-state index is -0.535. The van der Waals surface area contributed by atoms with Crippen molar-refractivity contribution in [2.75, 3.05) is 11.9 Å². The molecule has 6 nitrogen and oxygen atoms in total. The molecule has 23 heavy (non-hydrogen) atoms. The number of aromatic nitrogens is 3. The van der Waals surface area contributed by atoms with Gasteiger partial charge in [0.25, 0.3) is 5.91 Å². The van der Waals surface area contributed by atoms with Gasteiger partial charge < -0.3 is 10.6 Å². The monoisotopic (exact) mass is 313 g/mol. The molecule has 3 rings (SSSR count). The van der Waals surface area contributed by atoms with E-state index in [1.807, 2.05) is 11.6 Å². The van der Waals surface area contributed by atoms with Crippen molar-refractivity contribution in [3.63, 3.8) is 0 Å². The number of nitrogens with two attached hydrogens (primary N) is 1. The number of rotatable bonds is 5. The van der Waals surface area contributed by atoms with Gasteiger partial charge in [-0.25, -0.2) is 0 Å². The number of nitrogens with zero attached hydrogens (tertiary/aromatic N) is 4. The molecule has 0 radical (unpaired) electrons. The third-order valence-electron chi connectivity index (χ3n) is 4.39. The number of carbonyl (C=O) groups is 1. The predicted octanol–water partition coefficient (Wildman–Crippen LogP) is 1.64. The molecule has 1 heterocycles. The van der Waals surface area contributed by atoms with Gasteiger partial charge >= 0.3 is 0 Å². The van der Waals surface area contributed by atoms with Crippen LogP contribution in [0.3, 0.4) is 0 Å². The van der Waals surface area contributed by atoms with Gasteiger partial charge in [0.05, 0.1) is 0 Å². The maximum Gasteiger partial charge on any atom is 0.286 e. The maximum absolute atomic E-state index is 11.6. The van der Waals surface area contributed by atoms with Gasteiger partial charge in [0.2, 0.25) is 11.8 Å². The van der Waals surface area contributed by atoms with Gasteiger partial charge in [0.1, 0.15) is 0 Å². The van der Waals surface area contributed by atoms with Crippen LogP contribution in [-0.4, -0.2) is 33.8 Å². The molecule has 0 spiro atoms. The number of hydrogen-bond acceptors (Lipinski definition) is 4. The van der Waals surface area contributed by atoms with E-state index in [0.717, 1.165) is 12.8 Å². The van der Waals surface area contributed by atoms with Crippen LogP contribution in [0.2, 0.25) is 0 Å². The smallest absolute Gasteiger partial charge is 0.286 e. The highest BCUT2D eigenvalue weighted by atomic mass is 16.1. The first-order valence-electron chi connectivity index (χ1n) is 8.00. The Morgan fingerprint density at radius 3 is 2.43 bits per heavy atom. The molecule has 2 N–H and O–H groups in total. The Balaban J connectivity index is 1.88. The summed E-state index contributed by atoms with van der Waals surface area (Å²) in [5.41, 5.74) is 8.21. The molecule has 0 saturated heterocycles. The van der Waals surface area contributed by atoms with Crippen LogP contribution in [0.4, 0.5) is 5.95 Å². The average Bonchev–Trinajstić information content (AvgIpc) is 3.09. The van der Waals surface area contributed by atoms with Crippen LogP contribution >= 0.6 is 0 Å². The Labute approximate surface area is 136 Å². The van der Waals surface area contributed by atoms with Gasteiger partial charge in [0.15, 0.2) is 0 Å². The molecule has 0 saturated carbocycles. The summed E-state index contributed by atoms with van der Waals surface area (Å²) in [6, 6.07) is 8.83.